The largest absolute Gasteiger partial charge is 0.301 e. The fourth-order valence-electron chi connectivity index (χ4n) is 1.41. The van der Waals surface area contributed by atoms with Gasteiger partial charge >= 0.3 is 0 Å². The third-order valence-corrected chi connectivity index (χ3v) is 2.35. The van der Waals surface area contributed by atoms with Crippen LogP contribution < -0.4 is 0 Å². The van der Waals surface area contributed by atoms with E-state index in [9.17, 15) is 0 Å². The van der Waals surface area contributed by atoms with Gasteiger partial charge in [-0.15, -0.1) is 0 Å². The Morgan fingerprint density at radius 3 is 2.75 bits per heavy atom. The minimum absolute atomic E-state index is 0.0822. The predicted molar refractivity (Wildman–Crippen MR) is 51.6 cm³/mol. The van der Waals surface area contributed by atoms with Gasteiger partial charge in [-0.05, 0) is 32.5 Å². The maximum atomic E-state index is 5.09. The van der Waals surface area contributed by atoms with Crippen LogP contribution in [0.25, 0.3) is 0 Å². The highest BCUT2D eigenvalue weighted by Crippen LogP contribution is 2.20. The van der Waals surface area contributed by atoms with E-state index in [-0.39, 0.29) is 5.54 Å². The van der Waals surface area contributed by atoms with Gasteiger partial charge < -0.3 is 4.57 Å². The van der Waals surface area contributed by atoms with E-state index in [0.29, 0.717) is 4.77 Å². The second kappa shape index (κ2) is 3.39. The molecular weight excluding hydrogens is 170 g/mol. The summed E-state index contributed by atoms with van der Waals surface area (Å²) in [6.45, 7) is 6.51. The molecule has 3 nitrogen and oxygen atoms in total. The number of nitrogens with zero attached hydrogens (tertiary/aromatic N) is 2. The number of nitrogens with one attached hydrogen (secondary N) is 1. The van der Waals surface area contributed by atoms with E-state index in [2.05, 4.69) is 31.0 Å². The highest BCUT2D eigenvalue weighted by molar-refractivity contribution is 7.71. The normalized spacial score (nSPS) is 11.9. The molecule has 1 aromatic heterocycles. The molecule has 0 aliphatic carbocycles. The third kappa shape index (κ3) is 1.75. The Balaban J connectivity index is 2.96. The molecule has 0 atom stereocenters. The van der Waals surface area contributed by atoms with Crippen molar-refractivity contribution >= 4 is 12.2 Å². The van der Waals surface area contributed by atoms with Gasteiger partial charge in [0.2, 0.25) is 0 Å². The number of aromatic amines is 1. The fraction of sp³-hybridized carbons (Fsp3) is 0.750. The van der Waals surface area contributed by atoms with Gasteiger partial charge in [0.15, 0.2) is 4.77 Å². The number of hydrogen-bond acceptors (Lipinski definition) is 2. The van der Waals surface area contributed by atoms with Gasteiger partial charge in [-0.1, -0.05) is 13.3 Å². The molecule has 1 rings (SSSR count). The highest BCUT2D eigenvalue weighted by Gasteiger charge is 2.19. The molecule has 0 fully saturated rings. The molecule has 0 aromatic carbocycles. The molecule has 1 aromatic rings. The Bertz CT molecular complexity index is 297. The standard InChI is InChI=1S/C8H15N3S/c1-4-5-8(2,3)11-6-9-10-7(11)12/h6H,4-5H2,1-3H3,(H,10,12). The van der Waals surface area contributed by atoms with Crippen molar-refractivity contribution in [3.8, 4) is 0 Å². The van der Waals surface area contributed by atoms with E-state index in [4.69, 9.17) is 12.2 Å². The first-order chi connectivity index (χ1) is 5.58. The summed E-state index contributed by atoms with van der Waals surface area (Å²) in [5, 5.41) is 6.66. The number of aromatic nitrogens is 3. The summed E-state index contributed by atoms with van der Waals surface area (Å²) < 4.78 is 2.71. The van der Waals surface area contributed by atoms with Crippen molar-refractivity contribution in [2.24, 2.45) is 0 Å². The minimum Gasteiger partial charge on any atom is -0.301 e. The van der Waals surface area contributed by atoms with Crippen molar-refractivity contribution in [2.45, 2.75) is 39.2 Å². The van der Waals surface area contributed by atoms with Crippen LogP contribution in [-0.4, -0.2) is 14.8 Å². The van der Waals surface area contributed by atoms with Gasteiger partial charge in [-0.25, -0.2) is 0 Å². The molecule has 0 unspecified atom stereocenters. The average Bonchev–Trinajstić information content (AvgIpc) is 2.35. The van der Waals surface area contributed by atoms with E-state index >= 15 is 0 Å². The van der Waals surface area contributed by atoms with Crippen LogP contribution in [0.5, 0.6) is 0 Å². The van der Waals surface area contributed by atoms with Crippen LogP contribution in [0.1, 0.15) is 33.6 Å². The maximum absolute atomic E-state index is 5.09. The molecular formula is C8H15N3S. The molecule has 0 spiro atoms. The number of rotatable bonds is 3. The highest BCUT2D eigenvalue weighted by atomic mass is 32.1. The van der Waals surface area contributed by atoms with Gasteiger partial charge in [0, 0.05) is 5.54 Å². The Morgan fingerprint density at radius 1 is 1.67 bits per heavy atom. The van der Waals surface area contributed by atoms with Crippen molar-refractivity contribution in [1.82, 2.24) is 14.8 Å². The van der Waals surface area contributed by atoms with E-state index < -0.39 is 0 Å². The zero-order valence-corrected chi connectivity index (χ0v) is 8.61. The zero-order chi connectivity index (χ0) is 9.19. The van der Waals surface area contributed by atoms with E-state index in [1.165, 1.54) is 0 Å². The molecule has 0 aliphatic heterocycles. The molecule has 0 radical (unpaired) electrons. The van der Waals surface area contributed by atoms with Crippen molar-refractivity contribution in [2.75, 3.05) is 0 Å². The van der Waals surface area contributed by atoms with Crippen molar-refractivity contribution in [3.05, 3.63) is 11.1 Å². The molecule has 1 heterocycles. The Morgan fingerprint density at radius 2 is 2.33 bits per heavy atom. The summed E-state index contributed by atoms with van der Waals surface area (Å²) in [7, 11) is 0. The number of H-pyrrole nitrogens is 1. The van der Waals surface area contributed by atoms with Crippen LogP contribution in [0, 0.1) is 4.77 Å². The summed E-state index contributed by atoms with van der Waals surface area (Å²) in [6.07, 6.45) is 4.03. The lowest BCUT2D eigenvalue weighted by atomic mass is 9.99. The summed E-state index contributed by atoms with van der Waals surface area (Å²) in [6, 6.07) is 0. The monoisotopic (exact) mass is 185 g/mol. The Kier molecular flexibility index (Phi) is 2.67. The van der Waals surface area contributed by atoms with Gasteiger partial charge in [-0.3, -0.25) is 5.10 Å². The fourth-order valence-corrected chi connectivity index (χ4v) is 1.76. The van der Waals surface area contributed by atoms with Crippen LogP contribution in [0.4, 0.5) is 0 Å². The molecule has 0 bridgehead atoms. The summed E-state index contributed by atoms with van der Waals surface area (Å²) in [5.74, 6) is 0. The van der Waals surface area contributed by atoms with E-state index in [1.54, 1.807) is 6.33 Å². The van der Waals surface area contributed by atoms with Crippen LogP contribution in [-0.2, 0) is 5.54 Å². The minimum atomic E-state index is 0.0822. The lowest BCUT2D eigenvalue weighted by Crippen LogP contribution is -2.25. The topological polar surface area (TPSA) is 33.6 Å². The SMILES string of the molecule is CCCC(C)(C)n1cn[nH]c1=S. The molecule has 0 saturated carbocycles. The smallest absolute Gasteiger partial charge is 0.195 e. The van der Waals surface area contributed by atoms with Crippen LogP contribution >= 0.6 is 12.2 Å². The van der Waals surface area contributed by atoms with Crippen LogP contribution in [0.3, 0.4) is 0 Å². The summed E-state index contributed by atoms with van der Waals surface area (Å²) in [5.41, 5.74) is 0.0822. The lowest BCUT2D eigenvalue weighted by Gasteiger charge is -2.24. The van der Waals surface area contributed by atoms with Crippen molar-refractivity contribution < 1.29 is 0 Å². The predicted octanol–water partition coefficient (Wildman–Crippen LogP) is 2.48. The lowest BCUT2D eigenvalue weighted by molar-refractivity contribution is 0.320. The van der Waals surface area contributed by atoms with E-state index in [0.717, 1.165) is 12.8 Å². The van der Waals surface area contributed by atoms with Gasteiger partial charge in [0.1, 0.15) is 6.33 Å². The second-order valence-electron chi connectivity index (χ2n) is 3.59. The summed E-state index contributed by atoms with van der Waals surface area (Å²) >= 11 is 5.09. The molecule has 0 saturated heterocycles. The van der Waals surface area contributed by atoms with Crippen LogP contribution in [0.2, 0.25) is 0 Å². The van der Waals surface area contributed by atoms with Crippen molar-refractivity contribution in [3.63, 3.8) is 0 Å². The van der Waals surface area contributed by atoms with Gasteiger partial charge in [0.05, 0.1) is 0 Å². The number of hydrogen-bond donors (Lipinski definition) is 1. The van der Waals surface area contributed by atoms with Gasteiger partial charge in [0.25, 0.3) is 0 Å². The molecule has 0 amide bonds. The first kappa shape index (κ1) is 9.45. The average molecular weight is 185 g/mol. The van der Waals surface area contributed by atoms with Crippen LogP contribution in [0.15, 0.2) is 6.33 Å². The second-order valence-corrected chi connectivity index (χ2v) is 3.98. The Labute approximate surface area is 77.8 Å². The van der Waals surface area contributed by atoms with Crippen molar-refractivity contribution in [1.29, 1.82) is 0 Å². The molecule has 1 N–H and O–H groups in total. The summed E-state index contributed by atoms with van der Waals surface area (Å²) in [4.78, 5) is 0. The van der Waals surface area contributed by atoms with E-state index in [1.807, 2.05) is 4.57 Å². The maximum Gasteiger partial charge on any atom is 0.195 e. The first-order valence-corrected chi connectivity index (χ1v) is 4.61. The quantitative estimate of drug-likeness (QED) is 0.734. The third-order valence-electron chi connectivity index (χ3n) is 2.07. The molecule has 0 aliphatic rings. The Hall–Kier alpha value is -0.640. The molecule has 68 valence electrons. The van der Waals surface area contributed by atoms with Gasteiger partial charge in [-0.2, -0.15) is 5.10 Å². The molecule has 12 heavy (non-hydrogen) atoms. The zero-order valence-electron chi connectivity index (χ0n) is 7.79. The first-order valence-electron chi connectivity index (χ1n) is 4.20. The molecule has 4 heteroatoms.